The molecule has 3 unspecified atom stereocenters. The van der Waals surface area contributed by atoms with E-state index in [1.807, 2.05) is 43.8 Å². The topological polar surface area (TPSA) is 192 Å². The zero-order valence-corrected chi connectivity index (χ0v) is 28.0. The molecule has 16 heteroatoms. The molecular weight excluding hydrogens is 649 g/mol. The lowest BCUT2D eigenvalue weighted by molar-refractivity contribution is -0.135. The zero-order valence-electron chi connectivity index (χ0n) is 25.5. The van der Waals surface area contributed by atoms with E-state index in [0.717, 1.165) is 10.9 Å². The van der Waals surface area contributed by atoms with Crippen molar-refractivity contribution in [3.05, 3.63) is 58.6 Å². The highest BCUT2D eigenvalue weighted by atomic mass is 35.5. The van der Waals surface area contributed by atoms with Crippen LogP contribution in [0.5, 0.6) is 11.5 Å². The summed E-state index contributed by atoms with van der Waals surface area (Å²) in [4.78, 5) is 51.9. The van der Waals surface area contributed by atoms with Gasteiger partial charge in [-0.2, -0.15) is 0 Å². The third kappa shape index (κ3) is 7.93. The quantitative estimate of drug-likeness (QED) is 0.183. The minimum Gasteiger partial charge on any atom is -0.425 e. The number of aryl methyl sites for hydroxylation is 1. The van der Waals surface area contributed by atoms with Gasteiger partial charge in [0.05, 0.1) is 17.3 Å². The highest BCUT2D eigenvalue weighted by molar-refractivity contribution is 5.87. The van der Waals surface area contributed by atoms with Gasteiger partial charge >= 0.3 is 17.6 Å². The number of fused-ring (bicyclic) bond motifs is 1. The van der Waals surface area contributed by atoms with Crippen molar-refractivity contribution in [2.45, 2.75) is 58.7 Å². The summed E-state index contributed by atoms with van der Waals surface area (Å²) in [5.41, 5.74) is 18.6. The molecule has 0 aliphatic carbocycles. The van der Waals surface area contributed by atoms with Gasteiger partial charge < -0.3 is 31.2 Å². The maximum Gasteiger partial charge on any atom is 0.358 e. The molecule has 6 N–H and O–H groups in total. The number of nitrogens with two attached hydrogens (primary N) is 3. The van der Waals surface area contributed by atoms with Gasteiger partial charge in [-0.15, -0.1) is 47.0 Å². The predicted octanol–water partition coefficient (Wildman–Crippen LogP) is 3.07. The molecule has 0 bridgehead atoms. The van der Waals surface area contributed by atoms with Crippen LogP contribution in [-0.4, -0.2) is 54.9 Å². The van der Waals surface area contributed by atoms with Crippen molar-refractivity contribution in [1.82, 2.24) is 18.9 Å². The number of aromatic nitrogens is 4. The number of carbonyl (C=O) groups excluding carboxylic acids is 3. The fourth-order valence-corrected chi connectivity index (χ4v) is 4.30. The van der Waals surface area contributed by atoms with Gasteiger partial charge in [0.15, 0.2) is 5.82 Å². The standard InChI is InChI=1S/C29H35N7O6.3ClH/c1-14(2)20-12-21(24(42-28(39)17(5)32)13-23(20)41-27(38)16(4)31)25-33-36(26(37)15(3)30)29(40)35(25)19-7-8-22-18(11-19)9-10-34(22)6;;;/h7-17H,30-32H2,1-6H3;3*1H. The molecule has 0 amide bonds. The number of halogens is 3. The van der Waals surface area contributed by atoms with Gasteiger partial charge in [-0.05, 0) is 62.6 Å². The summed E-state index contributed by atoms with van der Waals surface area (Å²) < 4.78 is 15.0. The van der Waals surface area contributed by atoms with Crippen LogP contribution in [-0.2, 0) is 16.6 Å². The van der Waals surface area contributed by atoms with Crippen molar-refractivity contribution in [1.29, 1.82) is 0 Å². The summed E-state index contributed by atoms with van der Waals surface area (Å²) in [6, 6.07) is 7.20. The summed E-state index contributed by atoms with van der Waals surface area (Å²) in [5, 5.41) is 5.21. The van der Waals surface area contributed by atoms with E-state index in [9.17, 15) is 19.2 Å². The van der Waals surface area contributed by atoms with E-state index in [1.54, 1.807) is 18.2 Å². The van der Waals surface area contributed by atoms with Crippen LogP contribution >= 0.6 is 37.2 Å². The highest BCUT2D eigenvalue weighted by Gasteiger charge is 2.28. The maximum absolute atomic E-state index is 13.8. The molecule has 2 aromatic heterocycles. The van der Waals surface area contributed by atoms with Crippen molar-refractivity contribution < 1.29 is 23.9 Å². The predicted molar refractivity (Wildman–Crippen MR) is 178 cm³/mol. The Balaban J connectivity index is 0.00000337. The Bertz CT molecular complexity index is 1760. The monoisotopic (exact) mass is 685 g/mol. The molecule has 0 aliphatic rings. The van der Waals surface area contributed by atoms with Crippen molar-refractivity contribution in [2.24, 2.45) is 24.2 Å². The number of hydrogen-bond acceptors (Lipinski definition) is 10. The Morgan fingerprint density at radius 3 is 1.91 bits per heavy atom. The fraction of sp³-hybridized carbons (Fsp3) is 0.345. The molecule has 13 nitrogen and oxygen atoms in total. The number of rotatable bonds is 8. The molecule has 0 spiro atoms. The minimum absolute atomic E-state index is 0. The van der Waals surface area contributed by atoms with Crippen LogP contribution in [0.4, 0.5) is 0 Å². The van der Waals surface area contributed by atoms with E-state index in [0.29, 0.717) is 15.9 Å². The van der Waals surface area contributed by atoms with Gasteiger partial charge in [0.25, 0.3) is 5.91 Å². The van der Waals surface area contributed by atoms with Crippen molar-refractivity contribution >= 4 is 66.0 Å². The Labute approximate surface area is 278 Å². The summed E-state index contributed by atoms with van der Waals surface area (Å²) in [7, 11) is 1.89. The lowest BCUT2D eigenvalue weighted by Gasteiger charge is -2.19. The van der Waals surface area contributed by atoms with Gasteiger partial charge in [-0.3, -0.25) is 4.79 Å². The molecule has 2 heterocycles. The number of carbonyl (C=O) groups is 3. The van der Waals surface area contributed by atoms with E-state index in [-0.39, 0.29) is 66.0 Å². The first-order valence-corrected chi connectivity index (χ1v) is 13.4. The first-order valence-electron chi connectivity index (χ1n) is 13.4. The Hall–Kier alpha value is -3.72. The highest BCUT2D eigenvalue weighted by Crippen LogP contribution is 2.39. The van der Waals surface area contributed by atoms with E-state index in [2.05, 4.69) is 5.10 Å². The lowest BCUT2D eigenvalue weighted by Crippen LogP contribution is -2.39. The Morgan fingerprint density at radius 1 is 0.800 bits per heavy atom. The van der Waals surface area contributed by atoms with Crippen LogP contribution in [0.25, 0.3) is 28.0 Å². The van der Waals surface area contributed by atoms with E-state index < -0.39 is 41.7 Å². The third-order valence-electron chi connectivity index (χ3n) is 6.64. The van der Waals surface area contributed by atoms with Crippen LogP contribution < -0.4 is 32.4 Å². The fourth-order valence-electron chi connectivity index (χ4n) is 4.30. The molecule has 0 radical (unpaired) electrons. The van der Waals surface area contributed by atoms with E-state index >= 15 is 0 Å². The van der Waals surface area contributed by atoms with Gasteiger partial charge in [0, 0.05) is 30.2 Å². The second-order valence-corrected chi connectivity index (χ2v) is 10.6. The molecule has 246 valence electrons. The first-order chi connectivity index (χ1) is 19.7. The summed E-state index contributed by atoms with van der Waals surface area (Å²) in [6.45, 7) is 8.10. The van der Waals surface area contributed by atoms with Gasteiger partial charge in [0.1, 0.15) is 23.6 Å². The average Bonchev–Trinajstić information content (AvgIpc) is 3.46. The van der Waals surface area contributed by atoms with Crippen LogP contribution in [0.3, 0.4) is 0 Å². The molecule has 2 aromatic carbocycles. The first kappa shape index (κ1) is 39.3. The second-order valence-electron chi connectivity index (χ2n) is 10.6. The Kier molecular flexibility index (Phi) is 13.6. The van der Waals surface area contributed by atoms with Crippen molar-refractivity contribution in [3.8, 4) is 28.6 Å². The molecular formula is C29H38Cl3N7O6. The van der Waals surface area contributed by atoms with Gasteiger partial charge in [-0.1, -0.05) is 13.8 Å². The molecule has 0 saturated heterocycles. The second kappa shape index (κ2) is 15.5. The number of esters is 2. The largest absolute Gasteiger partial charge is 0.425 e. The van der Waals surface area contributed by atoms with Gasteiger partial charge in [-0.25, -0.2) is 19.0 Å². The van der Waals surface area contributed by atoms with Crippen LogP contribution in [0, 0.1) is 0 Å². The maximum atomic E-state index is 13.8. The van der Waals surface area contributed by atoms with Gasteiger partial charge in [0.2, 0.25) is 0 Å². The SMILES string of the molecule is CC(N)C(=O)Oc1cc(OC(=O)C(C)N)c(C(C)C)cc1-c1nn(C(=O)C(C)N)c(=O)n1-c1ccc2c(ccn2C)c1.Cl.Cl.Cl. The third-order valence-corrected chi connectivity index (χ3v) is 6.64. The lowest BCUT2D eigenvalue weighted by atomic mass is 9.98. The normalized spacial score (nSPS) is 12.8. The summed E-state index contributed by atoms with van der Waals surface area (Å²) in [6.07, 6.45) is 1.88. The molecule has 0 saturated carbocycles. The molecule has 45 heavy (non-hydrogen) atoms. The molecule has 0 aliphatic heterocycles. The number of hydrogen-bond donors (Lipinski definition) is 3. The van der Waals surface area contributed by atoms with Crippen molar-refractivity contribution in [2.75, 3.05) is 0 Å². The van der Waals surface area contributed by atoms with E-state index in [4.69, 9.17) is 26.7 Å². The van der Waals surface area contributed by atoms with Crippen molar-refractivity contribution in [3.63, 3.8) is 0 Å². The number of benzene rings is 2. The zero-order chi connectivity index (χ0) is 31.0. The summed E-state index contributed by atoms with van der Waals surface area (Å²) in [5.74, 6) is -2.43. The van der Waals surface area contributed by atoms with E-state index in [1.165, 1.54) is 31.4 Å². The van der Waals surface area contributed by atoms with Crippen LogP contribution in [0.2, 0.25) is 0 Å². The molecule has 4 aromatic rings. The number of nitrogens with zero attached hydrogens (tertiary/aromatic N) is 4. The van der Waals surface area contributed by atoms with Crippen LogP contribution in [0.15, 0.2) is 47.4 Å². The number of ether oxygens (including phenoxy) is 2. The summed E-state index contributed by atoms with van der Waals surface area (Å²) >= 11 is 0. The molecule has 4 rings (SSSR count). The Morgan fingerprint density at radius 2 is 1.38 bits per heavy atom. The van der Waals surface area contributed by atoms with Crippen LogP contribution in [0.1, 0.15) is 50.9 Å². The smallest absolute Gasteiger partial charge is 0.358 e. The molecule has 3 atom stereocenters. The average molecular weight is 687 g/mol. The molecule has 0 fully saturated rings. The minimum atomic E-state index is -1.03.